The largest absolute Gasteiger partial charge is 0.387 e. The number of fused-ring (bicyclic) bond motifs is 7. The van der Waals surface area contributed by atoms with Crippen LogP contribution in [0.15, 0.2) is 55.6 Å². The van der Waals surface area contributed by atoms with Crippen LogP contribution in [0, 0.1) is 0 Å². The molecule has 0 saturated carbocycles. The van der Waals surface area contributed by atoms with Crippen LogP contribution in [0.25, 0.3) is 55.8 Å². The molecule has 6 fully saturated rings. The van der Waals surface area contributed by atoms with Gasteiger partial charge < -0.3 is 97.9 Å². The third-order valence-electron chi connectivity index (χ3n) is 22.4. The first-order chi connectivity index (χ1) is 57.4. The Balaban J connectivity index is 0.000000141. The molecule has 0 spiro atoms. The minimum absolute atomic E-state index is 0.00203. The van der Waals surface area contributed by atoms with Crippen LogP contribution in [-0.4, -0.2) is 364 Å². The Hall–Kier alpha value is -8.38. The summed E-state index contributed by atoms with van der Waals surface area (Å²) in [5.74, 6) is -0.264. The van der Waals surface area contributed by atoms with Crippen molar-refractivity contribution < 1.29 is 73.7 Å². The van der Waals surface area contributed by atoms with Crippen molar-refractivity contribution in [3.63, 3.8) is 0 Å². The number of anilines is 5. The number of aliphatic hydroxyl groups excluding tert-OH is 6. The van der Waals surface area contributed by atoms with Gasteiger partial charge in [0, 0.05) is 0 Å². The maximum absolute atomic E-state index is 14.6. The van der Waals surface area contributed by atoms with Crippen molar-refractivity contribution >= 4 is 151 Å². The number of imidazole rings is 5. The fourth-order valence-corrected chi connectivity index (χ4v) is 20.3. The molecule has 44 nitrogen and oxygen atoms in total. The number of nitrogens with zero attached hydrogens (tertiary/aromatic N) is 15. The maximum atomic E-state index is 14.6. The summed E-state index contributed by atoms with van der Waals surface area (Å²) >= 11 is 0. The van der Waals surface area contributed by atoms with E-state index < -0.39 is 183 Å². The predicted octanol–water partition coefficient (Wildman–Crippen LogP) is -0.343. The van der Waals surface area contributed by atoms with Crippen LogP contribution in [0.4, 0.5) is 34.1 Å². The highest BCUT2D eigenvalue weighted by atomic mass is 31.2. The second-order valence-corrected chi connectivity index (χ2v) is 58.1. The normalized spacial score (nSPS) is 30.1. The smallest absolute Gasteiger partial charge is 0.280 e. The lowest BCUT2D eigenvalue weighted by Crippen LogP contribution is -2.43. The van der Waals surface area contributed by atoms with Crippen molar-refractivity contribution in [2.24, 2.45) is 0 Å². The maximum Gasteiger partial charge on any atom is 0.280 e. The van der Waals surface area contributed by atoms with E-state index in [9.17, 15) is 69.2 Å². The molecular formula is C74H115FN25O19P5. The van der Waals surface area contributed by atoms with E-state index >= 15 is 0 Å². The van der Waals surface area contributed by atoms with Gasteiger partial charge >= 0.3 is 0 Å². The number of nitrogens with one attached hydrogen (secondary N) is 5. The standard InChI is InChI=1S/C15H22N5O4P.3C15H24N5O4P.C14H21FN5O3P/c1-25(2,3)5-4-15-6-23-9(10(15)21)13(24-15)20-7-17-8-11(20)18-14(16)19-12(8)22;1-15(5-6-25(2,3)4)10(22)9(21)13(24-15)20-7-17-8-11(20)18-14(16)19-12(8)23;2*1-15(23)10(21)8(5-6-25(2,3)4)24-13(15)20-7-17-9-11(20)18-14(16)19-12(9)22;1-24(2,3)5-4-7-10(21)8(15)13(23-7)20-6-17-9-11(20)18-14(16)19-12(9)22/h7,9-10,13,21H,1,4-6H2,2-3H3,(H3,16,18,19,22);7,9-10,13,21-22H,2,5-6H2,1,3-4H3,(H3,16,18,19,23);2*7-8,10,13,21,23H,2,5-6H2,1,3-4H3,(H3,16,18,19,22);6-8,10,13,21H,1,4-5H2,2-3H3,(H3,16,18,19,22)/t9-,10+,13-,15+;9-,10+,13-,15-;8-,10-,13-,15+;8-,10-,13-,15-;7-,8-,10-,13-/m11111/s1. The number of H-pyrrole nitrogens is 5. The molecule has 682 valence electrons. The lowest BCUT2D eigenvalue weighted by molar-refractivity contribution is -0.172. The number of hydrogen-bond donors (Lipinski definition) is 18. The van der Waals surface area contributed by atoms with Gasteiger partial charge in [0.25, 0.3) is 27.8 Å². The highest BCUT2D eigenvalue weighted by Crippen LogP contribution is 2.52. The number of alkyl halides is 1. The fourth-order valence-electron chi connectivity index (χ4n) is 15.4. The van der Waals surface area contributed by atoms with Crippen molar-refractivity contribution in [1.29, 1.82) is 0 Å². The highest BCUT2D eigenvalue weighted by molar-refractivity contribution is 7.73. The summed E-state index contributed by atoms with van der Waals surface area (Å²) in [7, 11) is 0. The Morgan fingerprint density at radius 3 is 1.07 bits per heavy atom. The van der Waals surface area contributed by atoms with Gasteiger partial charge in [-0.15, -0.1) is 65.9 Å². The van der Waals surface area contributed by atoms with Gasteiger partial charge in [-0.1, -0.05) is 0 Å². The number of rotatable bonds is 20. The highest BCUT2D eigenvalue weighted by Gasteiger charge is 2.62. The minimum Gasteiger partial charge on any atom is -0.387 e. The van der Waals surface area contributed by atoms with Gasteiger partial charge in [0.1, 0.15) is 59.5 Å². The van der Waals surface area contributed by atoms with Gasteiger partial charge in [0.05, 0.1) is 62.2 Å². The second-order valence-electron chi connectivity index (χ2n) is 36.5. The minimum atomic E-state index is -1.65. The molecule has 6 aliphatic rings. The Kier molecular flexibility index (Phi) is 26.7. The number of nitrogen functional groups attached to an aromatic ring is 5. The summed E-state index contributed by atoms with van der Waals surface area (Å²) < 4.78 is 57.4. The second kappa shape index (κ2) is 35.0. The summed E-state index contributed by atoms with van der Waals surface area (Å²) in [5, 5.41) is 84.6. The van der Waals surface area contributed by atoms with Crippen LogP contribution in [0.5, 0.6) is 0 Å². The molecule has 0 amide bonds. The van der Waals surface area contributed by atoms with Crippen LogP contribution < -0.4 is 56.5 Å². The zero-order valence-corrected chi connectivity index (χ0v) is 75.7. The lowest BCUT2D eigenvalue weighted by Gasteiger charge is -2.32. The fraction of sp³-hybridized carbons (Fsp3) is 0.595. The molecule has 10 aromatic heterocycles. The third-order valence-corrected chi connectivity index (χ3v) is 29.7. The van der Waals surface area contributed by atoms with E-state index in [4.69, 9.17) is 57.1 Å². The molecule has 23 N–H and O–H groups in total. The van der Waals surface area contributed by atoms with E-state index in [2.05, 4.69) is 173 Å². The molecule has 124 heavy (non-hydrogen) atoms. The van der Waals surface area contributed by atoms with Gasteiger partial charge in [0.15, 0.2) is 93.1 Å². The average molecular weight is 1830 g/mol. The van der Waals surface area contributed by atoms with Gasteiger partial charge in [-0.25, -0.2) is 29.3 Å². The van der Waals surface area contributed by atoms with Crippen molar-refractivity contribution in [3.8, 4) is 0 Å². The number of hydrogen-bond acceptors (Lipinski definition) is 34. The Morgan fingerprint density at radius 1 is 0.419 bits per heavy atom. The monoisotopic (exact) mass is 1830 g/mol. The molecule has 2 bridgehead atoms. The van der Waals surface area contributed by atoms with Crippen LogP contribution >= 0.6 is 34.4 Å². The molecule has 10 aromatic rings. The first-order valence-corrected chi connectivity index (χ1v) is 54.8. The average Bonchev–Trinajstić information content (AvgIpc) is 1.58. The number of halogens is 1. The number of nitrogens with two attached hydrogens (primary N) is 5. The quantitative estimate of drug-likeness (QED) is 0.0434. The van der Waals surface area contributed by atoms with Crippen molar-refractivity contribution in [1.82, 2.24) is 97.6 Å². The van der Waals surface area contributed by atoms with Crippen molar-refractivity contribution in [2.75, 3.05) is 133 Å². The molecule has 6 saturated heterocycles. The molecule has 0 aromatic carbocycles. The van der Waals surface area contributed by atoms with E-state index in [1.807, 2.05) is 0 Å². The molecule has 16 rings (SSSR count). The molecule has 50 heteroatoms. The van der Waals surface area contributed by atoms with Crippen molar-refractivity contribution in [3.05, 3.63) is 83.4 Å². The molecule has 0 unspecified atom stereocenters. The Morgan fingerprint density at radius 2 is 0.726 bits per heavy atom. The number of ether oxygens (including phenoxy) is 6. The molecule has 6 aliphatic heterocycles. The topological polar surface area (TPSA) is 665 Å². The molecule has 0 radical (unpaired) electrons. The van der Waals surface area contributed by atoms with Crippen LogP contribution in [0.3, 0.4) is 0 Å². The summed E-state index contributed by atoms with van der Waals surface area (Å²) in [6.07, 6.45) is 19.9. The van der Waals surface area contributed by atoms with Crippen LogP contribution in [0.1, 0.15) is 84.0 Å². The molecule has 0 aliphatic carbocycles. The first kappa shape index (κ1) is 94.7. The summed E-state index contributed by atoms with van der Waals surface area (Å²) in [5.41, 5.74) is 22.4. The van der Waals surface area contributed by atoms with E-state index in [-0.39, 0.29) is 79.9 Å². The van der Waals surface area contributed by atoms with Gasteiger partial charge in [-0.3, -0.25) is 71.7 Å². The first-order valence-electron chi connectivity index (χ1n) is 39.5. The summed E-state index contributed by atoms with van der Waals surface area (Å²) in [6.45, 7) is 19.7. The Labute approximate surface area is 709 Å². The summed E-state index contributed by atoms with van der Waals surface area (Å²) in [6, 6.07) is 0. The number of aromatic nitrogens is 20. The van der Waals surface area contributed by atoms with Gasteiger partial charge in [0.2, 0.25) is 29.7 Å². The zero-order valence-electron chi connectivity index (χ0n) is 71.2. The van der Waals surface area contributed by atoms with E-state index in [1.54, 1.807) is 11.5 Å². The van der Waals surface area contributed by atoms with E-state index in [0.717, 1.165) is 30.8 Å². The van der Waals surface area contributed by atoms with Gasteiger partial charge in [-0.05, 0) is 150 Å². The Bertz CT molecular complexity index is 5970. The van der Waals surface area contributed by atoms with E-state index in [1.165, 1.54) is 63.8 Å². The van der Waals surface area contributed by atoms with Crippen LogP contribution in [-0.2, 0) is 28.4 Å². The number of aliphatic hydroxyl groups is 8. The van der Waals surface area contributed by atoms with E-state index in [0.29, 0.717) is 44.4 Å². The van der Waals surface area contributed by atoms with Crippen molar-refractivity contribution in [2.45, 2.75) is 174 Å². The molecule has 16 heterocycles. The lowest BCUT2D eigenvalue weighted by atomic mass is 9.95. The molecular weight excluding hydrogens is 1720 g/mol. The SMILES string of the molecule is C=P(C)(C)CC[C@@]1(C)O[C@@H](n2cnc3c(=O)[nH]c(N)nc32)[C@H](O)[C@@H]1O.C=P(C)(C)CC[C@@]12CO[C@@H]([C@H](n3cnc4c(=O)[nH]c(N)nc43)O1)[C@@H]2O.C=P(C)(C)CC[C@H]1O[C@@H](n2cnc3c(=O)[nH]c(N)nc32)[C@@](C)(O)[C@@H]1O.C=P(C)(C)CC[C@H]1O[C@@H](n2cnc3c(=O)[nH]c(N)nc32)[C@H](F)[C@@H]1O.C=P(C)(C)CC[C@H]1O[C@@H](n2cnc3c(=O)[nH]c(N)nc32)[C@](C)(O)[C@@H]1O. The molecule has 20 atom stereocenters. The predicted molar refractivity (Wildman–Crippen MR) is 485 cm³/mol. The number of aromatic amines is 5. The van der Waals surface area contributed by atoms with Crippen LogP contribution in [0.2, 0.25) is 0 Å². The third kappa shape index (κ3) is 20.0. The van der Waals surface area contributed by atoms with Gasteiger partial charge in [-0.2, -0.15) is 24.9 Å². The zero-order chi connectivity index (χ0) is 91.3. The summed E-state index contributed by atoms with van der Waals surface area (Å²) in [4.78, 5) is 112.